The number of rotatable bonds is 4. The normalized spacial score (nSPS) is 27.1. The van der Waals surface area contributed by atoms with Gasteiger partial charge in [-0.3, -0.25) is 0 Å². The predicted molar refractivity (Wildman–Crippen MR) is 87.6 cm³/mol. The highest BCUT2D eigenvalue weighted by Crippen LogP contribution is 2.12. The molecular weight excluding hydrogens is 330 g/mol. The van der Waals surface area contributed by atoms with Crippen LogP contribution in [0.4, 0.5) is 0 Å². The monoisotopic (exact) mass is 354 g/mol. The van der Waals surface area contributed by atoms with Crippen molar-refractivity contribution in [3.8, 4) is 0 Å². The number of halogens is 1. The molecule has 0 spiro atoms. The molecule has 0 aliphatic carbocycles. The third-order valence-corrected chi connectivity index (χ3v) is 4.98. The van der Waals surface area contributed by atoms with E-state index < -0.39 is 0 Å². The van der Waals surface area contributed by atoms with Crippen LogP contribution >= 0.6 is 15.9 Å². The van der Waals surface area contributed by atoms with E-state index in [4.69, 9.17) is 4.74 Å². The molecule has 1 aliphatic heterocycles. The van der Waals surface area contributed by atoms with Crippen molar-refractivity contribution in [1.82, 2.24) is 0 Å². The highest BCUT2D eigenvalue weighted by molar-refractivity contribution is 9.10. The van der Waals surface area contributed by atoms with Crippen LogP contribution in [0.1, 0.15) is 50.4 Å². The van der Waals surface area contributed by atoms with Crippen LogP contribution in [0, 0.1) is 0 Å². The maximum atomic E-state index is 12.1. The molecule has 1 N–H and O–H groups in total. The molecule has 1 heterocycles. The van der Waals surface area contributed by atoms with Crippen LogP contribution in [0.3, 0.4) is 0 Å². The van der Waals surface area contributed by atoms with Crippen LogP contribution < -0.4 is 4.90 Å². The standard InChI is InChI=1S/C17H24BrNO2/c1-12-5-4-6-13(2)19(12)11-14(3)21-17(20)15-7-9-16(18)10-8-15/h7-10,12-14H,4-6,11H2,1-3H3/p+1/t12-,13+,14-/m1/s1. The van der Waals surface area contributed by atoms with E-state index in [0.29, 0.717) is 17.6 Å². The van der Waals surface area contributed by atoms with E-state index in [1.807, 2.05) is 19.1 Å². The second kappa shape index (κ2) is 7.41. The summed E-state index contributed by atoms with van der Waals surface area (Å²) in [5.41, 5.74) is 0.611. The summed E-state index contributed by atoms with van der Waals surface area (Å²) in [7, 11) is 0. The van der Waals surface area contributed by atoms with Gasteiger partial charge in [-0.1, -0.05) is 15.9 Å². The zero-order chi connectivity index (χ0) is 15.4. The highest BCUT2D eigenvalue weighted by Gasteiger charge is 2.30. The van der Waals surface area contributed by atoms with Gasteiger partial charge in [-0.2, -0.15) is 0 Å². The summed E-state index contributed by atoms with van der Waals surface area (Å²) in [6.45, 7) is 7.49. The minimum Gasteiger partial charge on any atom is -0.453 e. The first-order valence-corrected chi connectivity index (χ1v) is 8.58. The molecule has 1 fully saturated rings. The second-order valence-corrected chi connectivity index (χ2v) is 7.15. The van der Waals surface area contributed by atoms with Crippen molar-refractivity contribution in [1.29, 1.82) is 0 Å². The van der Waals surface area contributed by atoms with Crippen molar-refractivity contribution in [2.45, 2.75) is 58.2 Å². The summed E-state index contributed by atoms with van der Waals surface area (Å²) >= 11 is 3.37. The first kappa shape index (κ1) is 16.5. The molecule has 0 bridgehead atoms. The average molecular weight is 355 g/mol. The molecule has 0 aromatic heterocycles. The number of likely N-dealkylation sites (tertiary alicyclic amines) is 1. The number of nitrogens with one attached hydrogen (secondary N) is 1. The molecule has 4 heteroatoms. The molecule has 0 amide bonds. The fourth-order valence-corrected chi connectivity index (χ4v) is 3.46. The fourth-order valence-electron chi connectivity index (χ4n) is 3.20. The molecule has 2 rings (SSSR count). The van der Waals surface area contributed by atoms with Gasteiger partial charge in [0.25, 0.3) is 0 Å². The summed E-state index contributed by atoms with van der Waals surface area (Å²) in [6, 6.07) is 8.61. The smallest absolute Gasteiger partial charge is 0.338 e. The van der Waals surface area contributed by atoms with E-state index >= 15 is 0 Å². The lowest BCUT2D eigenvalue weighted by Crippen LogP contribution is -3.20. The van der Waals surface area contributed by atoms with E-state index in [1.165, 1.54) is 19.3 Å². The number of ether oxygens (including phenoxy) is 1. The Kier molecular flexibility index (Phi) is 5.82. The van der Waals surface area contributed by atoms with Crippen molar-refractivity contribution in [3.05, 3.63) is 34.3 Å². The van der Waals surface area contributed by atoms with Gasteiger partial charge in [0.15, 0.2) is 0 Å². The zero-order valence-corrected chi connectivity index (χ0v) is 14.7. The third-order valence-electron chi connectivity index (χ3n) is 4.45. The lowest BCUT2D eigenvalue weighted by atomic mass is 9.97. The van der Waals surface area contributed by atoms with Crippen LogP contribution in [-0.2, 0) is 4.74 Å². The Morgan fingerprint density at radius 2 is 1.86 bits per heavy atom. The number of hydrogen-bond acceptors (Lipinski definition) is 2. The Morgan fingerprint density at radius 1 is 1.29 bits per heavy atom. The summed E-state index contributed by atoms with van der Waals surface area (Å²) in [4.78, 5) is 13.7. The minimum atomic E-state index is -0.230. The van der Waals surface area contributed by atoms with Gasteiger partial charge in [-0.25, -0.2) is 4.79 Å². The number of carbonyl (C=O) groups is 1. The number of quaternary nitrogens is 1. The molecule has 1 aromatic carbocycles. The van der Waals surface area contributed by atoms with E-state index in [1.54, 1.807) is 17.0 Å². The van der Waals surface area contributed by atoms with Crippen LogP contribution in [-0.4, -0.2) is 30.7 Å². The van der Waals surface area contributed by atoms with Gasteiger partial charge in [0.2, 0.25) is 0 Å². The number of benzene rings is 1. The molecule has 0 saturated carbocycles. The van der Waals surface area contributed by atoms with E-state index in [9.17, 15) is 4.79 Å². The molecule has 21 heavy (non-hydrogen) atoms. The second-order valence-electron chi connectivity index (χ2n) is 6.23. The predicted octanol–water partition coefficient (Wildman–Crippen LogP) is 2.84. The number of esters is 1. The van der Waals surface area contributed by atoms with Crippen LogP contribution in [0.5, 0.6) is 0 Å². The summed E-state index contributed by atoms with van der Waals surface area (Å²) in [5.74, 6) is -0.230. The number of piperidine rings is 1. The average Bonchev–Trinajstić information content (AvgIpc) is 2.43. The SMILES string of the molecule is C[C@H](C[NH+]1[C@H](C)CCC[C@@H]1C)OC(=O)c1ccc(Br)cc1. The van der Waals surface area contributed by atoms with Crippen LogP contribution in [0.2, 0.25) is 0 Å². The Balaban J connectivity index is 1.90. The van der Waals surface area contributed by atoms with E-state index in [-0.39, 0.29) is 12.1 Å². The van der Waals surface area contributed by atoms with Gasteiger partial charge in [-0.15, -0.1) is 0 Å². The Labute approximate surface area is 135 Å². The molecule has 1 aliphatic rings. The Morgan fingerprint density at radius 3 is 2.43 bits per heavy atom. The maximum Gasteiger partial charge on any atom is 0.338 e. The minimum absolute atomic E-state index is 0.0563. The molecule has 4 atom stereocenters. The van der Waals surface area contributed by atoms with Crippen molar-refractivity contribution in [2.75, 3.05) is 6.54 Å². The van der Waals surface area contributed by atoms with Crippen molar-refractivity contribution in [3.63, 3.8) is 0 Å². The van der Waals surface area contributed by atoms with Crippen molar-refractivity contribution < 1.29 is 14.4 Å². The summed E-state index contributed by atoms with van der Waals surface area (Å²) < 4.78 is 6.57. The molecular formula is C17H25BrNO2+. The van der Waals surface area contributed by atoms with Gasteiger partial charge in [0, 0.05) is 4.47 Å². The third kappa shape index (κ3) is 4.55. The van der Waals surface area contributed by atoms with Crippen molar-refractivity contribution in [2.24, 2.45) is 0 Å². The van der Waals surface area contributed by atoms with Crippen LogP contribution in [0.15, 0.2) is 28.7 Å². The highest BCUT2D eigenvalue weighted by atomic mass is 79.9. The van der Waals surface area contributed by atoms with Gasteiger partial charge in [0.1, 0.15) is 12.6 Å². The van der Waals surface area contributed by atoms with E-state index in [0.717, 1.165) is 11.0 Å². The molecule has 3 nitrogen and oxygen atoms in total. The zero-order valence-electron chi connectivity index (χ0n) is 13.1. The van der Waals surface area contributed by atoms with Crippen molar-refractivity contribution >= 4 is 21.9 Å². The molecule has 1 aromatic rings. The van der Waals surface area contributed by atoms with Gasteiger partial charge < -0.3 is 9.64 Å². The summed E-state index contributed by atoms with van der Waals surface area (Å²) in [5, 5.41) is 0. The summed E-state index contributed by atoms with van der Waals surface area (Å²) in [6.07, 6.45) is 3.80. The van der Waals surface area contributed by atoms with E-state index in [2.05, 4.69) is 29.8 Å². The first-order chi connectivity index (χ1) is 9.97. The van der Waals surface area contributed by atoms with Gasteiger partial charge >= 0.3 is 5.97 Å². The molecule has 1 unspecified atom stereocenters. The molecule has 116 valence electrons. The number of hydrogen-bond donors (Lipinski definition) is 1. The number of carbonyl (C=O) groups excluding carboxylic acids is 1. The maximum absolute atomic E-state index is 12.1. The van der Waals surface area contributed by atoms with Gasteiger partial charge in [-0.05, 0) is 64.3 Å². The molecule has 1 saturated heterocycles. The first-order valence-electron chi connectivity index (χ1n) is 7.79. The Bertz CT molecular complexity index is 464. The topological polar surface area (TPSA) is 30.7 Å². The largest absolute Gasteiger partial charge is 0.453 e. The molecule has 0 radical (unpaired) electrons. The Hall–Kier alpha value is -0.870. The fraction of sp³-hybridized carbons (Fsp3) is 0.588. The van der Waals surface area contributed by atoms with Gasteiger partial charge in [0.05, 0.1) is 17.6 Å². The van der Waals surface area contributed by atoms with Crippen LogP contribution in [0.25, 0.3) is 0 Å². The lowest BCUT2D eigenvalue weighted by Gasteiger charge is -2.37. The quantitative estimate of drug-likeness (QED) is 0.842. The lowest BCUT2D eigenvalue weighted by molar-refractivity contribution is -0.953.